The van der Waals surface area contributed by atoms with Gasteiger partial charge in [0.1, 0.15) is 5.82 Å². The number of halogens is 1. The summed E-state index contributed by atoms with van der Waals surface area (Å²) in [5.41, 5.74) is 2.23. The molecule has 2 nitrogen and oxygen atoms in total. The number of likely N-dealkylation sites (tertiary alicyclic amines) is 1. The Hall–Kier alpha value is -1.87. The summed E-state index contributed by atoms with van der Waals surface area (Å²) in [6.45, 7) is 3.13. The van der Waals surface area contributed by atoms with Crippen LogP contribution in [0.4, 0.5) is 10.1 Å². The van der Waals surface area contributed by atoms with E-state index in [4.69, 9.17) is 0 Å². The van der Waals surface area contributed by atoms with Gasteiger partial charge < -0.3 is 5.32 Å². The second kappa shape index (κ2) is 6.72. The zero-order valence-electron chi connectivity index (χ0n) is 12.1. The maximum absolute atomic E-state index is 13.2. The van der Waals surface area contributed by atoms with Gasteiger partial charge in [0.15, 0.2) is 0 Å². The Morgan fingerprint density at radius 1 is 1.10 bits per heavy atom. The van der Waals surface area contributed by atoms with Gasteiger partial charge in [0.25, 0.3) is 0 Å². The molecule has 1 saturated heterocycles. The highest BCUT2D eigenvalue weighted by Gasteiger charge is 2.19. The molecule has 3 rings (SSSR count). The topological polar surface area (TPSA) is 15.3 Å². The summed E-state index contributed by atoms with van der Waals surface area (Å²) >= 11 is 0. The molecule has 2 aromatic carbocycles. The van der Waals surface area contributed by atoms with E-state index in [1.165, 1.54) is 18.1 Å². The SMILES string of the molecule is Fc1cccc(NC2CCCN(Cc3ccccc3)C2)c1. The molecule has 21 heavy (non-hydrogen) atoms. The highest BCUT2D eigenvalue weighted by atomic mass is 19.1. The Morgan fingerprint density at radius 3 is 2.76 bits per heavy atom. The summed E-state index contributed by atoms with van der Waals surface area (Å²) in [4.78, 5) is 2.47. The van der Waals surface area contributed by atoms with E-state index >= 15 is 0 Å². The number of hydrogen-bond donors (Lipinski definition) is 1. The van der Waals surface area contributed by atoms with Crippen molar-refractivity contribution in [2.24, 2.45) is 0 Å². The van der Waals surface area contributed by atoms with Gasteiger partial charge in [-0.3, -0.25) is 4.90 Å². The molecule has 1 N–H and O–H groups in total. The van der Waals surface area contributed by atoms with Gasteiger partial charge in [0.2, 0.25) is 0 Å². The smallest absolute Gasteiger partial charge is 0.125 e. The first kappa shape index (κ1) is 14.1. The Morgan fingerprint density at radius 2 is 1.95 bits per heavy atom. The third-order valence-corrected chi connectivity index (χ3v) is 3.95. The highest BCUT2D eigenvalue weighted by molar-refractivity contribution is 5.44. The quantitative estimate of drug-likeness (QED) is 0.916. The van der Waals surface area contributed by atoms with Crippen LogP contribution >= 0.6 is 0 Å². The van der Waals surface area contributed by atoms with Gasteiger partial charge in [0, 0.05) is 24.8 Å². The van der Waals surface area contributed by atoms with Crippen molar-refractivity contribution in [3.05, 3.63) is 66.0 Å². The van der Waals surface area contributed by atoms with Crippen LogP contribution in [0, 0.1) is 5.82 Å². The lowest BCUT2D eigenvalue weighted by atomic mass is 10.0. The van der Waals surface area contributed by atoms with E-state index in [0.717, 1.165) is 31.7 Å². The molecule has 0 bridgehead atoms. The zero-order valence-corrected chi connectivity index (χ0v) is 12.1. The number of benzene rings is 2. The first-order valence-corrected chi connectivity index (χ1v) is 7.58. The van der Waals surface area contributed by atoms with Crippen molar-refractivity contribution in [2.75, 3.05) is 18.4 Å². The third kappa shape index (κ3) is 4.05. The minimum atomic E-state index is -0.183. The van der Waals surface area contributed by atoms with Crippen LogP contribution in [0.15, 0.2) is 54.6 Å². The number of nitrogens with one attached hydrogen (secondary N) is 1. The lowest BCUT2D eigenvalue weighted by Crippen LogP contribution is -2.41. The molecule has 2 aromatic rings. The molecule has 3 heteroatoms. The van der Waals surface area contributed by atoms with Gasteiger partial charge in [-0.05, 0) is 43.1 Å². The first-order chi connectivity index (χ1) is 10.3. The Kier molecular flexibility index (Phi) is 4.51. The van der Waals surface area contributed by atoms with E-state index in [0.29, 0.717) is 6.04 Å². The van der Waals surface area contributed by atoms with Gasteiger partial charge >= 0.3 is 0 Å². The van der Waals surface area contributed by atoms with Gasteiger partial charge in [-0.25, -0.2) is 4.39 Å². The van der Waals surface area contributed by atoms with Crippen molar-refractivity contribution in [2.45, 2.75) is 25.4 Å². The molecule has 1 unspecified atom stereocenters. The lowest BCUT2D eigenvalue weighted by molar-refractivity contribution is 0.208. The van der Waals surface area contributed by atoms with Crippen molar-refractivity contribution in [3.63, 3.8) is 0 Å². The molecule has 0 aliphatic carbocycles. The predicted octanol–water partition coefficient (Wildman–Crippen LogP) is 3.90. The van der Waals surface area contributed by atoms with Crippen molar-refractivity contribution < 1.29 is 4.39 Å². The Bertz CT molecular complexity index is 570. The van der Waals surface area contributed by atoms with E-state index in [1.54, 1.807) is 12.1 Å². The van der Waals surface area contributed by atoms with Crippen LogP contribution < -0.4 is 5.32 Å². The van der Waals surface area contributed by atoms with E-state index in [9.17, 15) is 4.39 Å². The molecule has 0 spiro atoms. The van der Waals surface area contributed by atoms with E-state index in [1.807, 2.05) is 12.1 Å². The van der Waals surface area contributed by atoms with E-state index < -0.39 is 0 Å². The van der Waals surface area contributed by atoms with Gasteiger partial charge in [-0.1, -0.05) is 36.4 Å². The van der Waals surface area contributed by atoms with Crippen LogP contribution in [0.5, 0.6) is 0 Å². The standard InChI is InChI=1S/C18H21FN2/c19-16-8-4-9-17(12-16)20-18-10-5-11-21(14-18)13-15-6-2-1-3-7-15/h1-4,6-9,12,18,20H,5,10-11,13-14H2. The molecule has 0 aromatic heterocycles. The predicted molar refractivity (Wildman–Crippen MR) is 84.8 cm³/mol. The molecule has 1 aliphatic heterocycles. The summed E-state index contributed by atoms with van der Waals surface area (Å²) in [5, 5.41) is 3.46. The van der Waals surface area contributed by atoms with Crippen molar-refractivity contribution in [1.29, 1.82) is 0 Å². The normalized spacial score (nSPS) is 19.4. The summed E-state index contributed by atoms with van der Waals surface area (Å²) in [6, 6.07) is 17.7. The van der Waals surface area contributed by atoms with Crippen LogP contribution in [0.3, 0.4) is 0 Å². The summed E-state index contributed by atoms with van der Waals surface area (Å²) < 4.78 is 13.2. The monoisotopic (exact) mass is 284 g/mol. The molecule has 1 atom stereocenters. The second-order valence-electron chi connectivity index (χ2n) is 5.71. The van der Waals surface area contributed by atoms with Crippen LogP contribution in [-0.4, -0.2) is 24.0 Å². The summed E-state index contributed by atoms with van der Waals surface area (Å²) in [5.74, 6) is -0.183. The molecule has 0 saturated carbocycles. The zero-order chi connectivity index (χ0) is 14.5. The Labute approximate surface area is 125 Å². The molecule has 1 aliphatic rings. The van der Waals surface area contributed by atoms with Gasteiger partial charge in [-0.2, -0.15) is 0 Å². The van der Waals surface area contributed by atoms with Crippen molar-refractivity contribution >= 4 is 5.69 Å². The molecule has 110 valence electrons. The van der Waals surface area contributed by atoms with Crippen LogP contribution in [0.25, 0.3) is 0 Å². The third-order valence-electron chi connectivity index (χ3n) is 3.95. The van der Waals surface area contributed by atoms with Crippen LogP contribution in [-0.2, 0) is 6.54 Å². The number of rotatable bonds is 4. The minimum Gasteiger partial charge on any atom is -0.381 e. The molecular formula is C18H21FN2. The number of piperidine rings is 1. The highest BCUT2D eigenvalue weighted by Crippen LogP contribution is 2.18. The van der Waals surface area contributed by atoms with Gasteiger partial charge in [0.05, 0.1) is 0 Å². The number of nitrogens with zero attached hydrogens (tertiary/aromatic N) is 1. The average molecular weight is 284 g/mol. The van der Waals surface area contributed by atoms with E-state index in [2.05, 4.69) is 34.5 Å². The molecule has 1 heterocycles. The van der Waals surface area contributed by atoms with E-state index in [-0.39, 0.29) is 5.82 Å². The maximum atomic E-state index is 13.2. The largest absolute Gasteiger partial charge is 0.381 e. The minimum absolute atomic E-state index is 0.183. The average Bonchev–Trinajstić information content (AvgIpc) is 2.49. The summed E-state index contributed by atoms with van der Waals surface area (Å²) in [7, 11) is 0. The fourth-order valence-electron chi connectivity index (χ4n) is 2.97. The molecule has 0 radical (unpaired) electrons. The second-order valence-corrected chi connectivity index (χ2v) is 5.71. The van der Waals surface area contributed by atoms with Gasteiger partial charge in [-0.15, -0.1) is 0 Å². The fourth-order valence-corrected chi connectivity index (χ4v) is 2.97. The van der Waals surface area contributed by atoms with Crippen molar-refractivity contribution in [1.82, 2.24) is 4.90 Å². The maximum Gasteiger partial charge on any atom is 0.125 e. The molecule has 0 amide bonds. The van der Waals surface area contributed by atoms with Crippen LogP contribution in [0.2, 0.25) is 0 Å². The summed E-state index contributed by atoms with van der Waals surface area (Å²) in [6.07, 6.45) is 2.32. The molecule has 1 fully saturated rings. The number of hydrogen-bond acceptors (Lipinski definition) is 2. The number of anilines is 1. The first-order valence-electron chi connectivity index (χ1n) is 7.58. The lowest BCUT2D eigenvalue weighted by Gasteiger charge is -2.33. The molecular weight excluding hydrogens is 263 g/mol. The fraction of sp³-hybridized carbons (Fsp3) is 0.333. The van der Waals surface area contributed by atoms with Crippen molar-refractivity contribution in [3.8, 4) is 0 Å². The Balaban J connectivity index is 1.58. The van der Waals surface area contributed by atoms with Crippen LogP contribution in [0.1, 0.15) is 18.4 Å².